The van der Waals surface area contributed by atoms with E-state index in [1.165, 1.54) is 24.3 Å². The van der Waals surface area contributed by atoms with Crippen molar-refractivity contribution in [2.45, 2.75) is 13.3 Å². The highest BCUT2D eigenvalue weighted by atomic mass is 32.1. The van der Waals surface area contributed by atoms with Crippen molar-refractivity contribution in [1.29, 1.82) is 0 Å². The first-order valence-corrected chi connectivity index (χ1v) is 8.97. The van der Waals surface area contributed by atoms with E-state index in [0.717, 1.165) is 30.4 Å². The van der Waals surface area contributed by atoms with Gasteiger partial charge in [0.15, 0.2) is 5.13 Å². The Balaban J connectivity index is 1.59. The number of thiazole rings is 1. The molecule has 138 valence electrons. The van der Waals surface area contributed by atoms with Gasteiger partial charge in [-0.3, -0.25) is 4.79 Å². The minimum absolute atomic E-state index is 0.0391. The van der Waals surface area contributed by atoms with Crippen LogP contribution in [-0.2, 0) is 16.0 Å². The molecule has 2 heterocycles. The van der Waals surface area contributed by atoms with E-state index < -0.39 is 17.5 Å². The number of amides is 1. The van der Waals surface area contributed by atoms with Crippen LogP contribution in [0.4, 0.5) is 13.9 Å². The molecule has 0 bridgehead atoms. The number of ether oxygens (including phenoxy) is 1. The zero-order valence-corrected chi connectivity index (χ0v) is 15.0. The van der Waals surface area contributed by atoms with E-state index in [2.05, 4.69) is 20.4 Å². The number of hydrogen-bond donors (Lipinski definition) is 1. The Morgan fingerprint density at radius 2 is 2.04 bits per heavy atom. The van der Waals surface area contributed by atoms with Crippen molar-refractivity contribution < 1.29 is 18.3 Å². The minimum Gasteiger partial charge on any atom is -0.378 e. The Kier molecular flexibility index (Phi) is 5.89. The van der Waals surface area contributed by atoms with Gasteiger partial charge in [-0.2, -0.15) is 5.10 Å². The van der Waals surface area contributed by atoms with E-state index in [1.54, 1.807) is 0 Å². The zero-order valence-electron chi connectivity index (χ0n) is 14.2. The number of carbonyl (C=O) groups excluding carboxylic acids is 1. The summed E-state index contributed by atoms with van der Waals surface area (Å²) >= 11 is 1.47. The summed E-state index contributed by atoms with van der Waals surface area (Å²) in [5, 5.41) is 6.46. The standard InChI is InChI=1S/C17H18F2N4O2S/c1-11(16-13(18)3-2-4-14(16)19)21-22-15(24)9-12-10-26-17(20-12)23-5-7-25-8-6-23/h2-4,10H,5-9H2,1H3,(H,22,24)/b21-11-. The van der Waals surface area contributed by atoms with Crippen LogP contribution in [0.25, 0.3) is 0 Å². The minimum atomic E-state index is -0.727. The number of nitrogens with zero attached hydrogens (tertiary/aromatic N) is 3. The summed E-state index contributed by atoms with van der Waals surface area (Å²) in [5.74, 6) is -1.86. The molecule has 1 N–H and O–H groups in total. The normalized spacial score (nSPS) is 15.2. The summed E-state index contributed by atoms with van der Waals surface area (Å²) in [6.45, 7) is 4.31. The first kappa shape index (κ1) is 18.4. The number of benzene rings is 1. The molecule has 1 fully saturated rings. The number of morpholine rings is 1. The number of hydrogen-bond acceptors (Lipinski definition) is 6. The lowest BCUT2D eigenvalue weighted by Gasteiger charge is -2.26. The molecule has 26 heavy (non-hydrogen) atoms. The number of nitrogens with one attached hydrogen (secondary N) is 1. The molecule has 1 amide bonds. The van der Waals surface area contributed by atoms with Gasteiger partial charge in [-0.1, -0.05) is 6.07 Å². The molecule has 0 unspecified atom stereocenters. The van der Waals surface area contributed by atoms with E-state index in [-0.39, 0.29) is 17.7 Å². The van der Waals surface area contributed by atoms with E-state index in [9.17, 15) is 13.6 Å². The Hall–Kier alpha value is -2.39. The van der Waals surface area contributed by atoms with Gasteiger partial charge in [0.05, 0.1) is 36.6 Å². The maximum absolute atomic E-state index is 13.7. The molecule has 0 aliphatic carbocycles. The average Bonchev–Trinajstić information content (AvgIpc) is 3.09. The zero-order chi connectivity index (χ0) is 18.5. The average molecular weight is 380 g/mol. The summed E-state index contributed by atoms with van der Waals surface area (Å²) in [6.07, 6.45) is 0.0391. The molecule has 1 aromatic carbocycles. The predicted molar refractivity (Wildman–Crippen MR) is 95.6 cm³/mol. The van der Waals surface area contributed by atoms with Crippen molar-refractivity contribution >= 4 is 28.1 Å². The third-order valence-corrected chi connectivity index (χ3v) is 4.79. The SMILES string of the molecule is C/C(=N/NC(=O)Cc1csc(N2CCOCC2)n1)c1c(F)cccc1F. The second kappa shape index (κ2) is 8.33. The van der Waals surface area contributed by atoms with Crippen LogP contribution in [0.5, 0.6) is 0 Å². The van der Waals surface area contributed by atoms with Gasteiger partial charge in [-0.15, -0.1) is 11.3 Å². The Labute approximate surface area is 153 Å². The second-order valence-electron chi connectivity index (χ2n) is 5.73. The third kappa shape index (κ3) is 4.41. The topological polar surface area (TPSA) is 66.8 Å². The number of aromatic nitrogens is 1. The monoisotopic (exact) mass is 380 g/mol. The van der Waals surface area contributed by atoms with Crippen LogP contribution in [0.1, 0.15) is 18.2 Å². The number of carbonyl (C=O) groups is 1. The lowest BCUT2D eigenvalue weighted by Crippen LogP contribution is -2.36. The lowest BCUT2D eigenvalue weighted by molar-refractivity contribution is -0.120. The highest BCUT2D eigenvalue weighted by molar-refractivity contribution is 7.13. The van der Waals surface area contributed by atoms with Crippen LogP contribution in [0.3, 0.4) is 0 Å². The number of hydrazone groups is 1. The van der Waals surface area contributed by atoms with Crippen molar-refractivity contribution in [1.82, 2.24) is 10.4 Å². The van der Waals surface area contributed by atoms with Gasteiger partial charge in [-0.05, 0) is 19.1 Å². The lowest BCUT2D eigenvalue weighted by atomic mass is 10.1. The van der Waals surface area contributed by atoms with Gasteiger partial charge < -0.3 is 9.64 Å². The maximum Gasteiger partial charge on any atom is 0.246 e. The fourth-order valence-corrected chi connectivity index (χ4v) is 3.41. The molecular weight excluding hydrogens is 362 g/mol. The van der Waals surface area contributed by atoms with Gasteiger partial charge >= 0.3 is 0 Å². The van der Waals surface area contributed by atoms with E-state index in [0.29, 0.717) is 18.9 Å². The van der Waals surface area contributed by atoms with Crippen molar-refractivity contribution in [3.05, 3.63) is 46.5 Å². The Bertz CT molecular complexity index is 799. The second-order valence-corrected chi connectivity index (χ2v) is 6.56. The number of anilines is 1. The highest BCUT2D eigenvalue weighted by Crippen LogP contribution is 2.21. The maximum atomic E-state index is 13.7. The van der Waals surface area contributed by atoms with Crippen LogP contribution < -0.4 is 10.3 Å². The van der Waals surface area contributed by atoms with Gasteiger partial charge in [0.25, 0.3) is 0 Å². The van der Waals surface area contributed by atoms with Gasteiger partial charge in [0.1, 0.15) is 11.6 Å². The molecule has 0 spiro atoms. The van der Waals surface area contributed by atoms with Gasteiger partial charge in [0.2, 0.25) is 5.91 Å². The third-order valence-electron chi connectivity index (χ3n) is 3.84. The van der Waals surface area contributed by atoms with Crippen molar-refractivity contribution in [3.63, 3.8) is 0 Å². The Morgan fingerprint density at radius 3 is 2.73 bits per heavy atom. The molecule has 3 rings (SSSR count). The summed E-state index contributed by atoms with van der Waals surface area (Å²) in [5.41, 5.74) is 2.75. The predicted octanol–water partition coefficient (Wildman–Crippen LogP) is 2.34. The molecule has 9 heteroatoms. The largest absolute Gasteiger partial charge is 0.378 e. The summed E-state index contributed by atoms with van der Waals surface area (Å²) in [6, 6.07) is 3.55. The molecule has 1 aliphatic rings. The summed E-state index contributed by atoms with van der Waals surface area (Å²) in [7, 11) is 0. The number of rotatable bonds is 5. The van der Waals surface area contributed by atoms with E-state index in [4.69, 9.17) is 4.74 Å². The molecule has 0 saturated carbocycles. The van der Waals surface area contributed by atoms with Crippen molar-refractivity contribution in [3.8, 4) is 0 Å². The van der Waals surface area contributed by atoms with E-state index in [1.807, 2.05) is 5.38 Å². The van der Waals surface area contributed by atoms with Gasteiger partial charge in [-0.25, -0.2) is 19.2 Å². The quantitative estimate of drug-likeness (QED) is 0.639. The van der Waals surface area contributed by atoms with Crippen LogP contribution >= 0.6 is 11.3 Å². The van der Waals surface area contributed by atoms with Crippen LogP contribution in [0.2, 0.25) is 0 Å². The van der Waals surface area contributed by atoms with Crippen molar-refractivity contribution in [2.75, 3.05) is 31.2 Å². The summed E-state index contributed by atoms with van der Waals surface area (Å²) < 4.78 is 32.7. The molecule has 0 atom stereocenters. The molecule has 0 radical (unpaired) electrons. The van der Waals surface area contributed by atoms with Crippen LogP contribution in [0, 0.1) is 11.6 Å². The van der Waals surface area contributed by atoms with Crippen molar-refractivity contribution in [2.24, 2.45) is 5.10 Å². The molecule has 1 aliphatic heterocycles. The first-order valence-electron chi connectivity index (χ1n) is 8.09. The van der Waals surface area contributed by atoms with Crippen LogP contribution in [0.15, 0.2) is 28.7 Å². The molecule has 1 aromatic heterocycles. The molecular formula is C17H18F2N4O2S. The molecule has 1 saturated heterocycles. The molecule has 2 aromatic rings. The molecule has 6 nitrogen and oxygen atoms in total. The van der Waals surface area contributed by atoms with Gasteiger partial charge in [0, 0.05) is 18.5 Å². The van der Waals surface area contributed by atoms with E-state index >= 15 is 0 Å². The van der Waals surface area contributed by atoms with Crippen LogP contribution in [-0.4, -0.2) is 42.9 Å². The smallest absolute Gasteiger partial charge is 0.246 e. The Morgan fingerprint density at radius 1 is 1.35 bits per heavy atom. The fourth-order valence-electron chi connectivity index (χ4n) is 2.53. The highest BCUT2D eigenvalue weighted by Gasteiger charge is 2.16. The first-order chi connectivity index (χ1) is 12.5. The summed E-state index contributed by atoms with van der Waals surface area (Å²) in [4.78, 5) is 18.6. The fraction of sp³-hybridized carbons (Fsp3) is 0.353. The number of halogens is 2.